The van der Waals surface area contributed by atoms with Gasteiger partial charge >= 0.3 is 0 Å². The Labute approximate surface area is 132 Å². The summed E-state index contributed by atoms with van der Waals surface area (Å²) in [5, 5.41) is 1.16. The second-order valence-corrected chi connectivity index (χ2v) is 5.95. The number of rotatable bonds is 1. The lowest BCUT2D eigenvalue weighted by atomic mass is 10.1. The molecule has 0 radical (unpaired) electrons. The van der Waals surface area contributed by atoms with Crippen molar-refractivity contribution < 1.29 is 0 Å². The molecule has 0 aliphatic heterocycles. The van der Waals surface area contributed by atoms with Gasteiger partial charge in [0.15, 0.2) is 0 Å². The summed E-state index contributed by atoms with van der Waals surface area (Å²) in [6.07, 6.45) is 2.14. The Morgan fingerprint density at radius 1 is 0.810 bits per heavy atom. The fourth-order valence-electron chi connectivity index (χ4n) is 2.81. The van der Waals surface area contributed by atoms with E-state index >= 15 is 0 Å². The van der Waals surface area contributed by atoms with Crippen molar-refractivity contribution in [3.05, 3.63) is 64.8 Å². The largest absolute Gasteiger partial charge is 0.329 e. The molecule has 0 fully saturated rings. The number of aryl methyl sites for hydroxylation is 1. The van der Waals surface area contributed by atoms with Crippen LogP contribution in [0.4, 0.5) is 0 Å². The van der Waals surface area contributed by atoms with E-state index < -0.39 is 0 Å². The van der Waals surface area contributed by atoms with Crippen LogP contribution in [0.5, 0.6) is 0 Å². The molecule has 0 spiro atoms. The number of halogens is 2. The van der Waals surface area contributed by atoms with Crippen molar-refractivity contribution in [2.24, 2.45) is 7.05 Å². The average Bonchev–Trinajstić information content (AvgIpc) is 3.03. The summed E-state index contributed by atoms with van der Waals surface area (Å²) in [7, 11) is 2.08. The third kappa shape index (κ3) is 1.87. The number of para-hydroxylation sites is 2. The predicted octanol–water partition coefficient (Wildman–Crippen LogP) is 5.40. The minimum Gasteiger partial charge on any atom is -0.329 e. The Bertz CT molecular complexity index is 979. The molecule has 104 valence electrons. The van der Waals surface area contributed by atoms with Gasteiger partial charge in [0.2, 0.25) is 0 Å². The second kappa shape index (κ2) is 4.55. The van der Waals surface area contributed by atoms with Gasteiger partial charge in [-0.1, -0.05) is 41.4 Å². The normalized spacial score (nSPS) is 11.6. The molecule has 2 aromatic carbocycles. The quantitative estimate of drug-likeness (QED) is 0.444. The van der Waals surface area contributed by atoms with E-state index in [1.807, 2.05) is 18.2 Å². The lowest BCUT2D eigenvalue weighted by Gasteiger charge is -2.00. The van der Waals surface area contributed by atoms with Crippen molar-refractivity contribution in [1.82, 2.24) is 8.97 Å². The molecule has 0 atom stereocenters. The molecule has 2 heterocycles. The molecule has 2 aromatic heterocycles. The van der Waals surface area contributed by atoms with Gasteiger partial charge in [0.25, 0.3) is 0 Å². The first-order valence-corrected chi connectivity index (χ1v) is 7.42. The summed E-state index contributed by atoms with van der Waals surface area (Å²) in [6, 6.07) is 16.3. The van der Waals surface area contributed by atoms with Crippen LogP contribution in [0.2, 0.25) is 10.0 Å². The molecule has 0 amide bonds. The monoisotopic (exact) mass is 314 g/mol. The third-order valence-electron chi connectivity index (χ3n) is 3.90. The van der Waals surface area contributed by atoms with Crippen LogP contribution in [-0.4, -0.2) is 8.97 Å². The highest BCUT2D eigenvalue weighted by Gasteiger charge is 2.11. The van der Waals surface area contributed by atoms with Crippen molar-refractivity contribution in [2.75, 3.05) is 0 Å². The number of hydrogen-bond acceptors (Lipinski definition) is 0. The number of imidazole rings is 1. The van der Waals surface area contributed by atoms with Crippen LogP contribution >= 0.6 is 23.2 Å². The van der Waals surface area contributed by atoms with Crippen LogP contribution in [0.25, 0.3) is 27.8 Å². The molecule has 21 heavy (non-hydrogen) atoms. The van der Waals surface area contributed by atoms with Crippen LogP contribution in [0.15, 0.2) is 54.7 Å². The molecule has 0 N–H and O–H groups in total. The Hall–Kier alpha value is -1.90. The fourth-order valence-corrected chi connectivity index (χ4v) is 3.11. The van der Waals surface area contributed by atoms with Crippen molar-refractivity contribution >= 4 is 39.9 Å². The lowest BCUT2D eigenvalue weighted by Crippen LogP contribution is -1.85. The SMILES string of the molecule is Cn1c2ccccc2n2cc(-c3ccc(Cl)c(Cl)c3)cc12. The summed E-state index contributed by atoms with van der Waals surface area (Å²) in [5.74, 6) is 0. The molecule has 0 aliphatic carbocycles. The van der Waals surface area contributed by atoms with Crippen molar-refractivity contribution in [3.8, 4) is 11.1 Å². The molecule has 0 bridgehead atoms. The number of nitrogens with zero attached hydrogens (tertiary/aromatic N) is 2. The zero-order chi connectivity index (χ0) is 14.6. The van der Waals surface area contributed by atoms with Gasteiger partial charge in [-0.25, -0.2) is 0 Å². The zero-order valence-electron chi connectivity index (χ0n) is 11.3. The highest BCUT2D eigenvalue weighted by atomic mass is 35.5. The van der Waals surface area contributed by atoms with Crippen LogP contribution in [0, 0.1) is 0 Å². The van der Waals surface area contributed by atoms with Gasteiger partial charge < -0.3 is 8.97 Å². The Balaban J connectivity index is 1.99. The van der Waals surface area contributed by atoms with Gasteiger partial charge in [-0.3, -0.25) is 0 Å². The first-order chi connectivity index (χ1) is 10.1. The molecular formula is C17H12Cl2N2. The summed E-state index contributed by atoms with van der Waals surface area (Å²) >= 11 is 12.1. The fraction of sp³-hybridized carbons (Fsp3) is 0.0588. The maximum atomic E-state index is 6.12. The lowest BCUT2D eigenvalue weighted by molar-refractivity contribution is 0.994. The molecule has 0 aliphatic rings. The van der Waals surface area contributed by atoms with Crippen LogP contribution in [0.3, 0.4) is 0 Å². The molecule has 2 nitrogen and oxygen atoms in total. The van der Waals surface area contributed by atoms with Gasteiger partial charge in [-0.05, 0) is 35.9 Å². The minimum atomic E-state index is 0.578. The maximum absolute atomic E-state index is 6.12. The predicted molar refractivity (Wildman–Crippen MR) is 89.3 cm³/mol. The number of aromatic nitrogens is 2. The van der Waals surface area contributed by atoms with E-state index in [0.29, 0.717) is 10.0 Å². The first-order valence-electron chi connectivity index (χ1n) is 6.66. The third-order valence-corrected chi connectivity index (χ3v) is 4.64. The Morgan fingerprint density at radius 2 is 1.57 bits per heavy atom. The molecule has 0 saturated heterocycles. The van der Waals surface area contributed by atoms with E-state index in [-0.39, 0.29) is 0 Å². The topological polar surface area (TPSA) is 9.34 Å². The van der Waals surface area contributed by atoms with E-state index in [9.17, 15) is 0 Å². The summed E-state index contributed by atoms with van der Waals surface area (Å²) < 4.78 is 4.39. The molecule has 0 saturated carbocycles. The van der Waals surface area contributed by atoms with Crippen molar-refractivity contribution in [3.63, 3.8) is 0 Å². The van der Waals surface area contributed by atoms with E-state index in [0.717, 1.165) is 16.8 Å². The highest BCUT2D eigenvalue weighted by molar-refractivity contribution is 6.42. The number of benzene rings is 2. The van der Waals surface area contributed by atoms with Gasteiger partial charge in [0.1, 0.15) is 5.65 Å². The molecule has 4 heteroatoms. The molecule has 0 unspecified atom stereocenters. The van der Waals surface area contributed by atoms with Crippen molar-refractivity contribution in [1.29, 1.82) is 0 Å². The molecule has 4 aromatic rings. The van der Waals surface area contributed by atoms with E-state index in [1.54, 1.807) is 0 Å². The summed E-state index contributed by atoms with van der Waals surface area (Å²) in [5.41, 5.74) is 5.76. The van der Waals surface area contributed by atoms with Crippen molar-refractivity contribution in [2.45, 2.75) is 0 Å². The van der Waals surface area contributed by atoms with Gasteiger partial charge in [-0.15, -0.1) is 0 Å². The Morgan fingerprint density at radius 3 is 2.33 bits per heavy atom. The van der Waals surface area contributed by atoms with Crippen LogP contribution in [0.1, 0.15) is 0 Å². The average molecular weight is 315 g/mol. The maximum Gasteiger partial charge on any atom is 0.118 e. The van der Waals surface area contributed by atoms with Crippen LogP contribution in [-0.2, 0) is 7.05 Å². The molecular weight excluding hydrogens is 303 g/mol. The Kier molecular flexibility index (Phi) is 2.78. The van der Waals surface area contributed by atoms with E-state index in [2.05, 4.69) is 52.5 Å². The number of fused-ring (bicyclic) bond motifs is 3. The minimum absolute atomic E-state index is 0.578. The highest BCUT2D eigenvalue weighted by Crippen LogP contribution is 2.31. The summed E-state index contributed by atoms with van der Waals surface area (Å²) in [4.78, 5) is 0. The number of hydrogen-bond donors (Lipinski definition) is 0. The van der Waals surface area contributed by atoms with Gasteiger partial charge in [-0.2, -0.15) is 0 Å². The van der Waals surface area contributed by atoms with E-state index in [1.165, 1.54) is 11.0 Å². The molecule has 4 rings (SSSR count). The summed E-state index contributed by atoms with van der Waals surface area (Å²) in [6.45, 7) is 0. The van der Waals surface area contributed by atoms with E-state index in [4.69, 9.17) is 23.2 Å². The smallest absolute Gasteiger partial charge is 0.118 e. The second-order valence-electron chi connectivity index (χ2n) is 5.13. The van der Waals surface area contributed by atoms with Gasteiger partial charge in [0, 0.05) is 18.8 Å². The zero-order valence-corrected chi connectivity index (χ0v) is 12.9. The first kappa shape index (κ1) is 12.8. The van der Waals surface area contributed by atoms with Gasteiger partial charge in [0.05, 0.1) is 21.1 Å². The standard InChI is InChI=1S/C17H12Cl2N2/c1-20-15-4-2-3-5-16(15)21-10-12(9-17(20)21)11-6-7-13(18)14(19)8-11/h2-10H,1H3. The van der Waals surface area contributed by atoms with Crippen LogP contribution < -0.4 is 0 Å².